The topological polar surface area (TPSA) is 83.7 Å². The van der Waals surface area contributed by atoms with Crippen molar-refractivity contribution in [3.8, 4) is 0 Å². The SMILES string of the molecule is Cc1cc(CN(C)C(=O)CC2(c3ccccc3Cl)CC(=O)N(C3CCCC3)C2=O)on1. The summed E-state index contributed by atoms with van der Waals surface area (Å²) in [5, 5.41) is 4.23. The second-order valence-corrected chi connectivity index (χ2v) is 9.01. The molecule has 0 N–H and O–H groups in total. The van der Waals surface area contributed by atoms with Crippen molar-refractivity contribution in [2.75, 3.05) is 7.05 Å². The van der Waals surface area contributed by atoms with Crippen LogP contribution in [0.4, 0.5) is 0 Å². The van der Waals surface area contributed by atoms with Crippen LogP contribution in [0.3, 0.4) is 0 Å². The summed E-state index contributed by atoms with van der Waals surface area (Å²) >= 11 is 6.48. The molecule has 2 aliphatic rings. The maximum atomic E-state index is 13.7. The lowest BCUT2D eigenvalue weighted by Gasteiger charge is -2.31. The fourth-order valence-corrected chi connectivity index (χ4v) is 5.11. The van der Waals surface area contributed by atoms with Crippen LogP contribution < -0.4 is 0 Å². The number of halogens is 1. The second-order valence-electron chi connectivity index (χ2n) is 8.61. The summed E-state index contributed by atoms with van der Waals surface area (Å²) in [6, 6.07) is 8.67. The summed E-state index contributed by atoms with van der Waals surface area (Å²) in [4.78, 5) is 42.9. The Labute approximate surface area is 186 Å². The summed E-state index contributed by atoms with van der Waals surface area (Å²) in [5.74, 6) is -0.238. The molecular formula is C23H26ClN3O4. The Kier molecular flexibility index (Phi) is 5.88. The average molecular weight is 444 g/mol. The molecule has 2 fully saturated rings. The number of benzene rings is 1. The molecule has 1 aromatic carbocycles. The number of hydrogen-bond donors (Lipinski definition) is 0. The minimum absolute atomic E-state index is 0.0485. The number of rotatable bonds is 6. The van der Waals surface area contributed by atoms with Gasteiger partial charge in [-0.2, -0.15) is 0 Å². The molecule has 31 heavy (non-hydrogen) atoms. The molecule has 0 radical (unpaired) electrons. The third-order valence-electron chi connectivity index (χ3n) is 6.38. The Morgan fingerprint density at radius 2 is 2.00 bits per heavy atom. The molecule has 164 valence electrons. The number of likely N-dealkylation sites (tertiary alicyclic amines) is 1. The molecule has 1 aromatic heterocycles. The zero-order chi connectivity index (χ0) is 22.2. The Bertz CT molecular complexity index is 1010. The molecule has 2 heterocycles. The van der Waals surface area contributed by atoms with Crippen molar-refractivity contribution in [3.63, 3.8) is 0 Å². The van der Waals surface area contributed by atoms with Crippen molar-refractivity contribution >= 4 is 29.3 Å². The van der Waals surface area contributed by atoms with Gasteiger partial charge < -0.3 is 9.42 Å². The van der Waals surface area contributed by atoms with Crippen LogP contribution >= 0.6 is 11.6 Å². The minimum atomic E-state index is -1.29. The fraction of sp³-hybridized carbons (Fsp3) is 0.478. The van der Waals surface area contributed by atoms with Gasteiger partial charge in [-0.15, -0.1) is 0 Å². The fourth-order valence-electron chi connectivity index (χ4n) is 4.79. The predicted molar refractivity (Wildman–Crippen MR) is 114 cm³/mol. The van der Waals surface area contributed by atoms with E-state index in [4.69, 9.17) is 16.1 Å². The summed E-state index contributed by atoms with van der Waals surface area (Å²) < 4.78 is 5.21. The van der Waals surface area contributed by atoms with Gasteiger partial charge in [-0.05, 0) is 31.4 Å². The van der Waals surface area contributed by atoms with Gasteiger partial charge in [-0.25, -0.2) is 0 Å². The highest BCUT2D eigenvalue weighted by Gasteiger charge is 2.56. The third kappa shape index (κ3) is 3.99. The maximum absolute atomic E-state index is 13.7. The summed E-state index contributed by atoms with van der Waals surface area (Å²) in [6.45, 7) is 2.04. The molecule has 1 aliphatic carbocycles. The van der Waals surface area contributed by atoms with Crippen molar-refractivity contribution in [2.24, 2.45) is 0 Å². The predicted octanol–water partition coefficient (Wildman–Crippen LogP) is 3.62. The van der Waals surface area contributed by atoms with E-state index in [2.05, 4.69) is 5.16 Å². The first kappa shape index (κ1) is 21.6. The van der Waals surface area contributed by atoms with Crippen LogP contribution in [0.1, 0.15) is 55.5 Å². The van der Waals surface area contributed by atoms with E-state index in [1.807, 2.05) is 6.92 Å². The molecule has 1 atom stereocenters. The van der Waals surface area contributed by atoms with Gasteiger partial charge in [0.15, 0.2) is 5.76 Å². The molecular weight excluding hydrogens is 418 g/mol. The number of hydrogen-bond acceptors (Lipinski definition) is 5. The summed E-state index contributed by atoms with van der Waals surface area (Å²) in [6.07, 6.45) is 3.45. The van der Waals surface area contributed by atoms with E-state index in [0.29, 0.717) is 16.3 Å². The monoisotopic (exact) mass is 443 g/mol. The Balaban J connectivity index is 1.65. The van der Waals surface area contributed by atoms with E-state index in [1.54, 1.807) is 37.4 Å². The van der Waals surface area contributed by atoms with E-state index >= 15 is 0 Å². The van der Waals surface area contributed by atoms with Crippen molar-refractivity contribution in [2.45, 2.75) is 63.5 Å². The van der Waals surface area contributed by atoms with E-state index in [9.17, 15) is 14.4 Å². The van der Waals surface area contributed by atoms with Crippen LogP contribution in [0, 0.1) is 6.92 Å². The quantitative estimate of drug-likeness (QED) is 0.636. The van der Waals surface area contributed by atoms with E-state index in [1.165, 1.54) is 9.80 Å². The number of aromatic nitrogens is 1. The average Bonchev–Trinajstić information content (AvgIpc) is 3.44. The van der Waals surface area contributed by atoms with Gasteiger partial charge in [0.05, 0.1) is 17.7 Å². The highest BCUT2D eigenvalue weighted by Crippen LogP contribution is 2.45. The molecule has 1 unspecified atom stereocenters. The van der Waals surface area contributed by atoms with Crippen LogP contribution in [-0.4, -0.2) is 45.8 Å². The summed E-state index contributed by atoms with van der Waals surface area (Å²) in [5.41, 5.74) is -0.0272. The molecule has 1 saturated carbocycles. The summed E-state index contributed by atoms with van der Waals surface area (Å²) in [7, 11) is 1.65. The van der Waals surface area contributed by atoms with E-state index in [-0.39, 0.29) is 43.1 Å². The van der Waals surface area contributed by atoms with Crippen LogP contribution in [-0.2, 0) is 26.3 Å². The highest BCUT2D eigenvalue weighted by atomic mass is 35.5. The first-order valence-corrected chi connectivity index (χ1v) is 11.0. The van der Waals surface area contributed by atoms with Crippen molar-refractivity contribution < 1.29 is 18.9 Å². The standard InChI is InChI=1S/C23H26ClN3O4/c1-15-11-17(31-25-15)14-26(2)20(28)12-23(18-9-5-6-10-19(18)24)13-21(29)27(22(23)30)16-7-3-4-8-16/h5-6,9-11,16H,3-4,7-8,12-14H2,1-2H3. The number of carbonyl (C=O) groups excluding carboxylic acids is 3. The lowest BCUT2D eigenvalue weighted by atomic mass is 9.75. The first-order valence-electron chi connectivity index (χ1n) is 10.6. The Hall–Kier alpha value is -2.67. The number of carbonyl (C=O) groups is 3. The molecule has 0 spiro atoms. The zero-order valence-electron chi connectivity index (χ0n) is 17.8. The zero-order valence-corrected chi connectivity index (χ0v) is 18.5. The largest absolute Gasteiger partial charge is 0.359 e. The molecule has 2 aromatic rings. The van der Waals surface area contributed by atoms with Gasteiger partial charge in [-0.1, -0.05) is 47.8 Å². The number of amides is 3. The minimum Gasteiger partial charge on any atom is -0.359 e. The smallest absolute Gasteiger partial charge is 0.241 e. The molecule has 1 aliphatic heterocycles. The van der Waals surface area contributed by atoms with Gasteiger partial charge in [0.25, 0.3) is 0 Å². The van der Waals surface area contributed by atoms with Gasteiger partial charge in [0.2, 0.25) is 17.7 Å². The van der Waals surface area contributed by atoms with Crippen molar-refractivity contribution in [1.82, 2.24) is 15.0 Å². The lowest BCUT2D eigenvalue weighted by molar-refractivity contribution is -0.144. The van der Waals surface area contributed by atoms with Crippen LogP contribution in [0.15, 0.2) is 34.9 Å². The van der Waals surface area contributed by atoms with Crippen LogP contribution in [0.5, 0.6) is 0 Å². The molecule has 0 bridgehead atoms. The van der Waals surface area contributed by atoms with Crippen molar-refractivity contribution in [3.05, 3.63) is 52.4 Å². The van der Waals surface area contributed by atoms with Gasteiger partial charge in [0, 0.05) is 37.0 Å². The number of imide groups is 1. The van der Waals surface area contributed by atoms with Crippen LogP contribution in [0.25, 0.3) is 0 Å². The Morgan fingerprint density at radius 1 is 1.29 bits per heavy atom. The normalized spacial score (nSPS) is 21.8. The molecule has 3 amide bonds. The number of aryl methyl sites for hydroxylation is 1. The van der Waals surface area contributed by atoms with Gasteiger partial charge in [-0.3, -0.25) is 19.3 Å². The maximum Gasteiger partial charge on any atom is 0.241 e. The second kappa shape index (κ2) is 8.46. The van der Waals surface area contributed by atoms with Gasteiger partial charge in [0.1, 0.15) is 0 Å². The third-order valence-corrected chi connectivity index (χ3v) is 6.71. The van der Waals surface area contributed by atoms with Crippen LogP contribution in [0.2, 0.25) is 5.02 Å². The van der Waals surface area contributed by atoms with E-state index in [0.717, 1.165) is 31.4 Å². The highest BCUT2D eigenvalue weighted by molar-refractivity contribution is 6.32. The van der Waals surface area contributed by atoms with Crippen molar-refractivity contribution in [1.29, 1.82) is 0 Å². The molecule has 1 saturated heterocycles. The van der Waals surface area contributed by atoms with Gasteiger partial charge >= 0.3 is 0 Å². The molecule has 7 nitrogen and oxygen atoms in total. The Morgan fingerprint density at radius 3 is 2.65 bits per heavy atom. The lowest BCUT2D eigenvalue weighted by Crippen LogP contribution is -2.45. The molecule has 4 rings (SSSR count). The first-order chi connectivity index (χ1) is 14.8. The number of nitrogens with zero attached hydrogens (tertiary/aromatic N) is 3. The van der Waals surface area contributed by atoms with E-state index < -0.39 is 5.41 Å². The molecule has 8 heteroatoms.